The molecule has 0 bridgehead atoms. The van der Waals surface area contributed by atoms with Crippen LogP contribution in [0.3, 0.4) is 0 Å². The minimum Gasteiger partial charge on any atom is -0.370 e. The van der Waals surface area contributed by atoms with E-state index < -0.39 is 0 Å². The van der Waals surface area contributed by atoms with Crippen LogP contribution in [0.25, 0.3) is 0 Å². The Morgan fingerprint density at radius 2 is 1.96 bits per heavy atom. The van der Waals surface area contributed by atoms with E-state index in [1.165, 1.54) is 5.56 Å². The average molecular weight is 388 g/mol. The first-order valence-corrected chi connectivity index (χ1v) is 10.3. The Kier molecular flexibility index (Phi) is 7.87. The quantitative estimate of drug-likeness (QED) is 0.517. The molecule has 0 spiro atoms. The largest absolute Gasteiger partial charge is 0.370 e. The molecule has 0 saturated carbocycles. The van der Waals surface area contributed by atoms with Crippen LogP contribution in [0.15, 0.2) is 29.3 Å². The van der Waals surface area contributed by atoms with Gasteiger partial charge in [0.05, 0.1) is 6.54 Å². The molecule has 0 aliphatic carbocycles. The number of hydrogen-bond donors (Lipinski definition) is 3. The van der Waals surface area contributed by atoms with Crippen LogP contribution in [0, 0.1) is 5.92 Å². The molecule has 1 aliphatic rings. The van der Waals surface area contributed by atoms with Crippen LogP contribution in [0.2, 0.25) is 0 Å². The van der Waals surface area contributed by atoms with Gasteiger partial charge in [-0.3, -0.25) is 14.7 Å². The molecule has 0 radical (unpaired) electrons. The molecule has 6 nitrogen and oxygen atoms in total. The molecule has 1 aromatic carbocycles. The standard InChI is InChI=1S/C22H37N5O/c1-16(2)18-7-6-8-19(13-18)25-21(23)24-14-17-9-11-27(12-10-17)15-20(28)26-22(3,4)5/h6-8,13,16-17H,9-12,14-15H2,1-5H3,(H,26,28)(H3,23,24,25). The molecule has 0 atom stereocenters. The van der Waals surface area contributed by atoms with E-state index in [0.29, 0.717) is 24.3 Å². The number of carbonyl (C=O) groups is 1. The molecule has 1 saturated heterocycles. The van der Waals surface area contributed by atoms with Gasteiger partial charge in [0, 0.05) is 17.8 Å². The highest BCUT2D eigenvalue weighted by Gasteiger charge is 2.22. The monoisotopic (exact) mass is 387 g/mol. The first-order chi connectivity index (χ1) is 13.1. The van der Waals surface area contributed by atoms with Crippen molar-refractivity contribution in [1.29, 1.82) is 0 Å². The van der Waals surface area contributed by atoms with E-state index in [4.69, 9.17) is 5.73 Å². The zero-order valence-corrected chi connectivity index (χ0v) is 18.1. The van der Waals surface area contributed by atoms with Gasteiger partial charge in [-0.1, -0.05) is 26.0 Å². The first-order valence-electron chi connectivity index (χ1n) is 10.3. The van der Waals surface area contributed by atoms with Gasteiger partial charge in [0.1, 0.15) is 0 Å². The fourth-order valence-corrected chi connectivity index (χ4v) is 3.38. The summed E-state index contributed by atoms with van der Waals surface area (Å²) < 4.78 is 0. The number of nitrogens with two attached hydrogens (primary N) is 1. The first kappa shape index (κ1) is 22.2. The van der Waals surface area contributed by atoms with Crippen LogP contribution < -0.4 is 16.4 Å². The van der Waals surface area contributed by atoms with Crippen molar-refractivity contribution in [1.82, 2.24) is 10.2 Å². The highest BCUT2D eigenvalue weighted by molar-refractivity contribution is 5.92. The van der Waals surface area contributed by atoms with Crippen molar-refractivity contribution in [2.45, 2.75) is 58.9 Å². The normalized spacial score (nSPS) is 17.0. The highest BCUT2D eigenvalue weighted by Crippen LogP contribution is 2.19. The number of anilines is 1. The number of hydrogen-bond acceptors (Lipinski definition) is 3. The van der Waals surface area contributed by atoms with Crippen LogP contribution in [-0.4, -0.2) is 48.5 Å². The Morgan fingerprint density at radius 1 is 1.29 bits per heavy atom. The summed E-state index contributed by atoms with van der Waals surface area (Å²) in [6, 6.07) is 8.29. The van der Waals surface area contributed by atoms with Crippen molar-refractivity contribution in [2.75, 3.05) is 31.5 Å². The Hall–Kier alpha value is -2.08. The summed E-state index contributed by atoms with van der Waals surface area (Å²) in [5.41, 5.74) is 8.16. The van der Waals surface area contributed by atoms with E-state index in [2.05, 4.69) is 46.5 Å². The Balaban J connectivity index is 1.75. The van der Waals surface area contributed by atoms with Gasteiger partial charge in [-0.15, -0.1) is 0 Å². The lowest BCUT2D eigenvalue weighted by Gasteiger charge is -2.31. The zero-order chi connectivity index (χ0) is 20.7. The average Bonchev–Trinajstić information content (AvgIpc) is 2.59. The zero-order valence-electron chi connectivity index (χ0n) is 18.1. The topological polar surface area (TPSA) is 82.8 Å². The molecule has 1 amide bonds. The second-order valence-electron chi connectivity index (χ2n) is 9.15. The Labute approximate surface area is 170 Å². The molecule has 1 aromatic rings. The fourth-order valence-electron chi connectivity index (χ4n) is 3.38. The van der Waals surface area contributed by atoms with Crippen LogP contribution in [-0.2, 0) is 4.79 Å². The van der Waals surface area contributed by atoms with Gasteiger partial charge in [-0.05, 0) is 76.2 Å². The van der Waals surface area contributed by atoms with Gasteiger partial charge < -0.3 is 16.4 Å². The van der Waals surface area contributed by atoms with E-state index in [1.807, 2.05) is 32.9 Å². The van der Waals surface area contributed by atoms with Gasteiger partial charge in [0.15, 0.2) is 5.96 Å². The summed E-state index contributed by atoms with van der Waals surface area (Å²) in [6.45, 7) is 13.4. The number of piperidine rings is 1. The lowest BCUT2D eigenvalue weighted by molar-refractivity contribution is -0.124. The summed E-state index contributed by atoms with van der Waals surface area (Å²) in [5.74, 6) is 1.56. The van der Waals surface area contributed by atoms with Gasteiger partial charge in [0.25, 0.3) is 0 Å². The third kappa shape index (κ3) is 7.89. The fraction of sp³-hybridized carbons (Fsp3) is 0.636. The SMILES string of the molecule is CC(C)c1cccc(NC(N)=NCC2CCN(CC(=O)NC(C)(C)C)CC2)c1. The maximum atomic E-state index is 12.1. The molecular formula is C22H37N5O. The van der Waals surface area contributed by atoms with Gasteiger partial charge >= 0.3 is 0 Å². The summed E-state index contributed by atoms with van der Waals surface area (Å²) in [7, 11) is 0. The van der Waals surface area contributed by atoms with Crippen molar-refractivity contribution in [3.63, 3.8) is 0 Å². The van der Waals surface area contributed by atoms with Crippen LogP contribution in [0.5, 0.6) is 0 Å². The number of rotatable bonds is 6. The molecule has 6 heteroatoms. The Morgan fingerprint density at radius 3 is 2.57 bits per heavy atom. The molecule has 0 aromatic heterocycles. The number of guanidine groups is 1. The maximum Gasteiger partial charge on any atom is 0.234 e. The smallest absolute Gasteiger partial charge is 0.234 e. The number of likely N-dealkylation sites (tertiary alicyclic amines) is 1. The number of benzene rings is 1. The molecule has 28 heavy (non-hydrogen) atoms. The van der Waals surface area contributed by atoms with E-state index in [0.717, 1.165) is 38.2 Å². The highest BCUT2D eigenvalue weighted by atomic mass is 16.2. The Bertz CT molecular complexity index is 670. The lowest BCUT2D eigenvalue weighted by atomic mass is 9.97. The third-order valence-corrected chi connectivity index (χ3v) is 4.93. The van der Waals surface area contributed by atoms with Crippen molar-refractivity contribution in [3.05, 3.63) is 29.8 Å². The van der Waals surface area contributed by atoms with Crippen LogP contribution in [0.4, 0.5) is 5.69 Å². The molecule has 4 N–H and O–H groups in total. The third-order valence-electron chi connectivity index (χ3n) is 4.93. The number of nitrogens with zero attached hydrogens (tertiary/aromatic N) is 2. The van der Waals surface area contributed by atoms with Crippen molar-refractivity contribution >= 4 is 17.6 Å². The summed E-state index contributed by atoms with van der Waals surface area (Å²) in [4.78, 5) is 18.8. The molecule has 1 aliphatic heterocycles. The summed E-state index contributed by atoms with van der Waals surface area (Å²) in [6.07, 6.45) is 2.09. The molecule has 1 heterocycles. The van der Waals surface area contributed by atoms with Gasteiger partial charge in [-0.2, -0.15) is 0 Å². The predicted molar refractivity (Wildman–Crippen MR) is 118 cm³/mol. The predicted octanol–water partition coefficient (Wildman–Crippen LogP) is 3.16. The van der Waals surface area contributed by atoms with Crippen molar-refractivity contribution in [3.8, 4) is 0 Å². The number of amides is 1. The van der Waals surface area contributed by atoms with E-state index >= 15 is 0 Å². The molecule has 1 fully saturated rings. The molecule has 156 valence electrons. The maximum absolute atomic E-state index is 12.1. The summed E-state index contributed by atoms with van der Waals surface area (Å²) >= 11 is 0. The van der Waals surface area contributed by atoms with E-state index in [-0.39, 0.29) is 11.4 Å². The second-order valence-corrected chi connectivity index (χ2v) is 9.15. The number of carbonyl (C=O) groups excluding carboxylic acids is 1. The van der Waals surface area contributed by atoms with Crippen LogP contribution >= 0.6 is 0 Å². The molecular weight excluding hydrogens is 350 g/mol. The molecule has 0 unspecified atom stereocenters. The van der Waals surface area contributed by atoms with Crippen molar-refractivity contribution < 1.29 is 4.79 Å². The lowest BCUT2D eigenvalue weighted by Crippen LogP contribution is -2.47. The van der Waals surface area contributed by atoms with Crippen LogP contribution in [0.1, 0.15) is 58.9 Å². The minimum atomic E-state index is -0.177. The number of aliphatic imine (C=N–C) groups is 1. The summed E-state index contributed by atoms with van der Waals surface area (Å²) in [5, 5.41) is 6.22. The molecule has 2 rings (SSSR count). The van der Waals surface area contributed by atoms with E-state index in [9.17, 15) is 4.79 Å². The van der Waals surface area contributed by atoms with Crippen molar-refractivity contribution in [2.24, 2.45) is 16.6 Å². The van der Waals surface area contributed by atoms with Gasteiger partial charge in [-0.25, -0.2) is 0 Å². The van der Waals surface area contributed by atoms with E-state index in [1.54, 1.807) is 0 Å². The minimum absolute atomic E-state index is 0.0982. The second kappa shape index (κ2) is 9.92. The van der Waals surface area contributed by atoms with Gasteiger partial charge in [0.2, 0.25) is 5.91 Å². The number of nitrogens with one attached hydrogen (secondary N) is 2.